The molecule has 0 aromatic heterocycles. The van der Waals surface area contributed by atoms with Crippen LogP contribution in [-0.2, 0) is 0 Å². The molecule has 1 aromatic rings. The van der Waals surface area contributed by atoms with Gasteiger partial charge in [0.25, 0.3) is 0 Å². The molecule has 0 unspecified atom stereocenters. The fourth-order valence-corrected chi connectivity index (χ4v) is 2.22. The zero-order valence-electron chi connectivity index (χ0n) is 10.3. The molecular weight excluding hydrogens is 212 g/mol. The summed E-state index contributed by atoms with van der Waals surface area (Å²) in [4.78, 5) is 2.26. The van der Waals surface area contributed by atoms with Crippen LogP contribution in [0.5, 0.6) is 0 Å². The van der Waals surface area contributed by atoms with Crippen molar-refractivity contribution in [1.29, 1.82) is 5.26 Å². The molecule has 0 amide bonds. The predicted molar refractivity (Wildman–Crippen MR) is 66.6 cm³/mol. The normalized spacial score (nSPS) is 17.5. The largest absolute Gasteiger partial charge is 0.394 e. The molecule has 0 aliphatic carbocycles. The van der Waals surface area contributed by atoms with Crippen LogP contribution < -0.4 is 0 Å². The van der Waals surface area contributed by atoms with E-state index in [4.69, 9.17) is 5.26 Å². The summed E-state index contributed by atoms with van der Waals surface area (Å²) in [7, 11) is 0. The first-order valence-electron chi connectivity index (χ1n) is 5.93. The van der Waals surface area contributed by atoms with E-state index in [0.29, 0.717) is 5.92 Å². The molecule has 1 heterocycles. The van der Waals surface area contributed by atoms with Gasteiger partial charge in [-0.1, -0.05) is 18.2 Å². The van der Waals surface area contributed by atoms with E-state index < -0.39 is 0 Å². The first kappa shape index (κ1) is 12.1. The molecular formula is C14H18N2O. The lowest BCUT2D eigenvalue weighted by Crippen LogP contribution is -2.57. The van der Waals surface area contributed by atoms with Gasteiger partial charge in [-0.25, -0.2) is 0 Å². The zero-order valence-corrected chi connectivity index (χ0v) is 10.3. The van der Waals surface area contributed by atoms with Gasteiger partial charge in [-0.05, 0) is 25.5 Å². The van der Waals surface area contributed by atoms with Crippen LogP contribution in [0, 0.1) is 11.3 Å². The summed E-state index contributed by atoms with van der Waals surface area (Å²) in [6, 6.07) is 10.0. The number of aliphatic hydroxyl groups excluding tert-OH is 1. The Labute approximate surface area is 102 Å². The highest BCUT2D eigenvalue weighted by molar-refractivity contribution is 5.41. The molecule has 0 bridgehead atoms. The van der Waals surface area contributed by atoms with Crippen molar-refractivity contribution >= 4 is 0 Å². The highest BCUT2D eigenvalue weighted by Gasteiger charge is 2.38. The van der Waals surface area contributed by atoms with Crippen LogP contribution in [0.3, 0.4) is 0 Å². The number of benzene rings is 1. The van der Waals surface area contributed by atoms with Crippen LogP contribution in [0.2, 0.25) is 0 Å². The van der Waals surface area contributed by atoms with E-state index >= 15 is 0 Å². The molecule has 1 aromatic carbocycles. The molecule has 1 saturated heterocycles. The van der Waals surface area contributed by atoms with Crippen molar-refractivity contribution in [3.8, 4) is 6.07 Å². The molecule has 1 aliphatic rings. The zero-order chi connectivity index (χ0) is 12.5. The Balaban J connectivity index is 2.08. The molecule has 0 atom stereocenters. The first-order valence-corrected chi connectivity index (χ1v) is 5.93. The number of nitriles is 1. The van der Waals surface area contributed by atoms with E-state index in [0.717, 1.165) is 24.2 Å². The fourth-order valence-electron chi connectivity index (χ4n) is 2.22. The van der Waals surface area contributed by atoms with Crippen LogP contribution in [0.15, 0.2) is 24.3 Å². The van der Waals surface area contributed by atoms with Gasteiger partial charge in [0, 0.05) is 24.5 Å². The molecule has 0 saturated carbocycles. The fraction of sp³-hybridized carbons (Fsp3) is 0.500. The highest BCUT2D eigenvalue weighted by atomic mass is 16.3. The minimum absolute atomic E-state index is 0.155. The average molecular weight is 230 g/mol. The molecule has 1 aliphatic heterocycles. The molecule has 0 radical (unpaired) electrons. The smallest absolute Gasteiger partial charge is 0.0994 e. The standard InChI is InChI=1S/C14H18N2O/c1-14(2,10-17)16-8-12(9-16)13-6-4-3-5-11(13)7-15/h3-6,12,17H,8-10H2,1-2H3. The lowest BCUT2D eigenvalue weighted by molar-refractivity contribution is -0.00255. The van der Waals surface area contributed by atoms with Crippen LogP contribution in [0.4, 0.5) is 0 Å². The number of hydrogen-bond donors (Lipinski definition) is 1. The monoisotopic (exact) mass is 230 g/mol. The third-order valence-electron chi connectivity index (χ3n) is 3.65. The highest BCUT2D eigenvalue weighted by Crippen LogP contribution is 2.33. The van der Waals surface area contributed by atoms with Crippen molar-refractivity contribution in [2.24, 2.45) is 0 Å². The Morgan fingerprint density at radius 3 is 2.65 bits per heavy atom. The van der Waals surface area contributed by atoms with E-state index in [-0.39, 0.29) is 12.1 Å². The van der Waals surface area contributed by atoms with Crippen molar-refractivity contribution in [2.45, 2.75) is 25.3 Å². The van der Waals surface area contributed by atoms with E-state index in [1.165, 1.54) is 0 Å². The second-order valence-corrected chi connectivity index (χ2v) is 5.27. The van der Waals surface area contributed by atoms with E-state index in [1.54, 1.807) is 0 Å². The number of rotatable bonds is 3. The van der Waals surface area contributed by atoms with Crippen LogP contribution in [-0.4, -0.2) is 35.2 Å². The van der Waals surface area contributed by atoms with Gasteiger partial charge in [0.15, 0.2) is 0 Å². The minimum Gasteiger partial charge on any atom is -0.394 e. The summed E-state index contributed by atoms with van der Waals surface area (Å²) in [6.45, 7) is 6.09. The van der Waals surface area contributed by atoms with E-state index in [9.17, 15) is 5.11 Å². The molecule has 3 nitrogen and oxygen atoms in total. The van der Waals surface area contributed by atoms with Crippen molar-refractivity contribution in [2.75, 3.05) is 19.7 Å². The first-order chi connectivity index (χ1) is 8.08. The lowest BCUT2D eigenvalue weighted by atomic mass is 9.85. The summed E-state index contributed by atoms with van der Waals surface area (Å²) in [5.74, 6) is 0.427. The van der Waals surface area contributed by atoms with E-state index in [1.807, 2.05) is 38.1 Å². The minimum atomic E-state index is -0.155. The maximum absolute atomic E-state index is 9.29. The Kier molecular flexibility index (Phi) is 3.19. The van der Waals surface area contributed by atoms with Crippen LogP contribution in [0.25, 0.3) is 0 Å². The van der Waals surface area contributed by atoms with Gasteiger partial charge in [-0.15, -0.1) is 0 Å². The van der Waals surface area contributed by atoms with Crippen molar-refractivity contribution in [3.05, 3.63) is 35.4 Å². The second kappa shape index (κ2) is 4.48. The maximum atomic E-state index is 9.29. The van der Waals surface area contributed by atoms with Gasteiger partial charge in [-0.3, -0.25) is 4.90 Å². The topological polar surface area (TPSA) is 47.3 Å². The van der Waals surface area contributed by atoms with Crippen molar-refractivity contribution < 1.29 is 5.11 Å². The van der Waals surface area contributed by atoms with Gasteiger partial charge in [-0.2, -0.15) is 5.26 Å². The molecule has 1 fully saturated rings. The predicted octanol–water partition coefficient (Wildman–Crippen LogP) is 1.73. The van der Waals surface area contributed by atoms with Crippen molar-refractivity contribution in [3.63, 3.8) is 0 Å². The number of hydrogen-bond acceptors (Lipinski definition) is 3. The Morgan fingerprint density at radius 1 is 1.41 bits per heavy atom. The lowest BCUT2D eigenvalue weighted by Gasteiger charge is -2.48. The molecule has 0 spiro atoms. The molecule has 2 rings (SSSR count). The van der Waals surface area contributed by atoms with Crippen LogP contribution in [0.1, 0.15) is 30.9 Å². The quantitative estimate of drug-likeness (QED) is 0.860. The molecule has 17 heavy (non-hydrogen) atoms. The molecule has 90 valence electrons. The Hall–Kier alpha value is -1.37. The third-order valence-corrected chi connectivity index (χ3v) is 3.65. The van der Waals surface area contributed by atoms with Gasteiger partial charge < -0.3 is 5.11 Å². The summed E-state index contributed by atoms with van der Waals surface area (Å²) in [5, 5.41) is 18.3. The summed E-state index contributed by atoms with van der Waals surface area (Å²) >= 11 is 0. The number of aliphatic hydroxyl groups is 1. The second-order valence-electron chi connectivity index (χ2n) is 5.27. The number of nitrogens with zero attached hydrogens (tertiary/aromatic N) is 2. The van der Waals surface area contributed by atoms with Crippen LogP contribution >= 0.6 is 0 Å². The Morgan fingerprint density at radius 2 is 2.06 bits per heavy atom. The third kappa shape index (κ3) is 2.19. The maximum Gasteiger partial charge on any atom is 0.0994 e. The summed E-state index contributed by atoms with van der Waals surface area (Å²) in [5.41, 5.74) is 1.76. The Bertz CT molecular complexity index is 442. The van der Waals surface area contributed by atoms with Gasteiger partial charge in [0.05, 0.1) is 18.2 Å². The van der Waals surface area contributed by atoms with Gasteiger partial charge in [0.2, 0.25) is 0 Å². The summed E-state index contributed by atoms with van der Waals surface area (Å²) < 4.78 is 0. The van der Waals surface area contributed by atoms with Gasteiger partial charge >= 0.3 is 0 Å². The number of likely N-dealkylation sites (tertiary alicyclic amines) is 1. The molecule has 3 heteroatoms. The average Bonchev–Trinajstić information content (AvgIpc) is 2.27. The van der Waals surface area contributed by atoms with Gasteiger partial charge in [0.1, 0.15) is 0 Å². The van der Waals surface area contributed by atoms with Crippen molar-refractivity contribution in [1.82, 2.24) is 4.90 Å². The molecule has 1 N–H and O–H groups in total. The SMILES string of the molecule is CC(C)(CO)N1CC(c2ccccc2C#N)C1. The van der Waals surface area contributed by atoms with E-state index in [2.05, 4.69) is 11.0 Å². The summed E-state index contributed by atoms with van der Waals surface area (Å²) in [6.07, 6.45) is 0.